The van der Waals surface area contributed by atoms with Crippen molar-refractivity contribution in [2.24, 2.45) is 41.4 Å². The molecular formula is C24H25ClN8O5S. The second kappa shape index (κ2) is 7.55. The maximum atomic E-state index is 13.7. The van der Waals surface area contributed by atoms with E-state index in [-0.39, 0.29) is 28.9 Å². The van der Waals surface area contributed by atoms with Gasteiger partial charge in [-0.1, -0.05) is 11.6 Å². The highest BCUT2D eigenvalue weighted by atomic mass is 35.5. The average Bonchev–Trinajstić information content (AvgIpc) is 3.36. The molecular weight excluding hydrogens is 548 g/mol. The van der Waals surface area contributed by atoms with Crippen LogP contribution in [0.5, 0.6) is 11.8 Å². The molecule has 0 unspecified atom stereocenters. The van der Waals surface area contributed by atoms with Gasteiger partial charge in [-0.2, -0.15) is 9.97 Å². The molecule has 9 rings (SSSR count). The van der Waals surface area contributed by atoms with Crippen LogP contribution in [0.4, 0.5) is 5.95 Å². The maximum absolute atomic E-state index is 13.7. The number of anilines is 1. The van der Waals surface area contributed by atoms with Crippen LogP contribution in [0.3, 0.4) is 0 Å². The second-order valence-corrected chi connectivity index (χ2v) is 13.5. The Hall–Kier alpha value is -3.10. The summed E-state index contributed by atoms with van der Waals surface area (Å²) in [7, 11) is 0.273. The fraction of sp³-hybridized carbons (Fsp3) is 0.583. The van der Waals surface area contributed by atoms with Crippen LogP contribution in [0.25, 0.3) is 5.69 Å². The molecule has 39 heavy (non-hydrogen) atoms. The zero-order valence-corrected chi connectivity index (χ0v) is 23.0. The van der Waals surface area contributed by atoms with Crippen LogP contribution in [0.1, 0.15) is 24.7 Å². The lowest BCUT2D eigenvalue weighted by molar-refractivity contribution is -0.583. The van der Waals surface area contributed by atoms with Gasteiger partial charge < -0.3 is 14.2 Å². The summed E-state index contributed by atoms with van der Waals surface area (Å²) in [6.07, 6.45) is 3.15. The van der Waals surface area contributed by atoms with Gasteiger partial charge in [0.05, 0.1) is 19.2 Å². The summed E-state index contributed by atoms with van der Waals surface area (Å²) >= 11 is 5.91. The molecule has 3 aromatic heterocycles. The molecule has 204 valence electrons. The molecule has 6 aliphatic rings. The molecule has 0 saturated heterocycles. The van der Waals surface area contributed by atoms with E-state index in [4.69, 9.17) is 25.8 Å². The zero-order valence-electron chi connectivity index (χ0n) is 21.4. The molecule has 6 saturated carbocycles. The van der Waals surface area contributed by atoms with Crippen molar-refractivity contribution < 1.29 is 22.6 Å². The van der Waals surface area contributed by atoms with E-state index in [9.17, 15) is 8.42 Å². The van der Waals surface area contributed by atoms with Crippen molar-refractivity contribution in [3.63, 3.8) is 0 Å². The van der Waals surface area contributed by atoms with Gasteiger partial charge in [-0.05, 0) is 48.3 Å². The number of rotatable bonds is 10. The predicted octanol–water partition coefficient (Wildman–Crippen LogP) is 1.65. The highest BCUT2D eigenvalue weighted by Gasteiger charge is 3.05. The minimum Gasteiger partial charge on any atom is -0.479 e. The molecule has 2 atom stereocenters. The third kappa shape index (κ3) is 2.50. The van der Waals surface area contributed by atoms with Gasteiger partial charge in [0.15, 0.2) is 11.5 Å². The first-order valence-corrected chi connectivity index (χ1v) is 14.6. The first kappa shape index (κ1) is 23.8. The lowest BCUT2D eigenvalue weighted by Gasteiger charge is -3.07. The lowest BCUT2D eigenvalue weighted by atomic mass is 8.96. The molecule has 3 heterocycles. The van der Waals surface area contributed by atoms with E-state index >= 15 is 0 Å². The first-order chi connectivity index (χ1) is 18.8. The predicted molar refractivity (Wildman–Crippen MR) is 135 cm³/mol. The Morgan fingerprint density at radius 1 is 0.949 bits per heavy atom. The summed E-state index contributed by atoms with van der Waals surface area (Å²) in [4.78, 5) is 16.9. The quantitative estimate of drug-likeness (QED) is 0.377. The minimum absolute atomic E-state index is 0.00352. The van der Waals surface area contributed by atoms with Crippen molar-refractivity contribution in [2.75, 3.05) is 26.1 Å². The zero-order chi connectivity index (χ0) is 27.0. The van der Waals surface area contributed by atoms with E-state index in [2.05, 4.69) is 34.9 Å². The molecule has 3 aromatic rings. The molecule has 0 aliphatic heterocycles. The maximum Gasteiger partial charge on any atom is 0.245 e. The number of sulfonamides is 1. The Morgan fingerprint density at radius 2 is 1.54 bits per heavy atom. The van der Waals surface area contributed by atoms with E-state index < -0.39 is 21.4 Å². The van der Waals surface area contributed by atoms with Crippen LogP contribution in [0.2, 0.25) is 5.02 Å². The number of ether oxygens (including phenoxy) is 3. The second-order valence-electron chi connectivity index (χ2n) is 11.0. The number of nitrogens with zero attached hydrogens (tertiary/aromatic N) is 7. The van der Waals surface area contributed by atoms with Crippen LogP contribution in [-0.2, 0) is 20.2 Å². The Kier molecular flexibility index (Phi) is 4.60. The highest BCUT2D eigenvalue weighted by molar-refractivity contribution is 7.93. The molecule has 15 heteroatoms. The van der Waals surface area contributed by atoms with Gasteiger partial charge in [-0.25, -0.2) is 18.4 Å². The van der Waals surface area contributed by atoms with Crippen LogP contribution in [0.15, 0.2) is 18.7 Å². The van der Waals surface area contributed by atoms with Crippen molar-refractivity contribution >= 4 is 27.6 Å². The van der Waals surface area contributed by atoms with Gasteiger partial charge in [-0.15, -0.1) is 10.2 Å². The number of hydrogen-bond donors (Lipinski definition) is 1. The molecule has 0 radical (unpaired) electrons. The summed E-state index contributed by atoms with van der Waals surface area (Å²) in [6, 6.07) is 0. The SMILES string of the molecule is COc1ncnc(OC)c1-n1c(NS(=O)(=O)[C@@H](C)[C@H](OC)c2ncc(Cl)cn2)nnc1C12C3C4C5C3C1C5C42. The third-order valence-corrected chi connectivity index (χ3v) is 12.1. The van der Waals surface area contributed by atoms with Crippen LogP contribution >= 0.6 is 11.6 Å². The molecule has 6 aliphatic carbocycles. The smallest absolute Gasteiger partial charge is 0.245 e. The summed E-state index contributed by atoms with van der Waals surface area (Å²) in [5.74, 6) is 6.29. The standard InChI is InChI=1S/C24H25ClN8O5S/c1-8(18(36-2)19-26-5-9(25)6-27-19)39(34,35)32-23-31-30-22(24-14-11-10-12(14)16(24)13(10)15(11)24)33(23)17-20(37-3)28-7-29-21(17)38-4/h5-8,10-16,18H,1-4H3,(H,31,32)/t8-,10?,11?,12?,13?,14?,15?,16?,18-,24?/m0/s1. The topological polar surface area (TPSA) is 156 Å². The van der Waals surface area contributed by atoms with Crippen molar-refractivity contribution in [1.82, 2.24) is 34.7 Å². The van der Waals surface area contributed by atoms with Gasteiger partial charge in [-0.3, -0.25) is 9.29 Å². The molecule has 1 N–H and O–H groups in total. The molecule has 0 bridgehead atoms. The summed E-state index contributed by atoms with van der Waals surface area (Å²) < 4.78 is 48.5. The number of halogens is 1. The number of methoxy groups -OCH3 is 3. The fourth-order valence-corrected chi connectivity index (χ4v) is 10.1. The summed E-state index contributed by atoms with van der Waals surface area (Å²) in [6.45, 7) is 1.52. The lowest BCUT2D eigenvalue weighted by Crippen LogP contribution is -3.07. The fourth-order valence-electron chi connectivity index (χ4n) is 8.92. The van der Waals surface area contributed by atoms with Gasteiger partial charge in [0.1, 0.15) is 23.5 Å². The Morgan fingerprint density at radius 3 is 2.08 bits per heavy atom. The van der Waals surface area contributed by atoms with E-state index in [0.717, 1.165) is 23.7 Å². The monoisotopic (exact) mass is 572 g/mol. The van der Waals surface area contributed by atoms with E-state index in [1.165, 1.54) is 47.0 Å². The molecule has 13 nitrogen and oxygen atoms in total. The molecule has 0 amide bonds. The molecule has 0 aromatic carbocycles. The van der Waals surface area contributed by atoms with Crippen LogP contribution in [0, 0.1) is 41.4 Å². The van der Waals surface area contributed by atoms with Gasteiger partial charge >= 0.3 is 0 Å². The van der Waals surface area contributed by atoms with Crippen molar-refractivity contribution in [3.05, 3.63) is 35.4 Å². The van der Waals surface area contributed by atoms with E-state index in [0.29, 0.717) is 34.3 Å². The highest BCUT2D eigenvalue weighted by Crippen LogP contribution is 3.05. The molecule has 6 fully saturated rings. The number of nitrogens with one attached hydrogen (secondary N) is 1. The van der Waals surface area contributed by atoms with Crippen LogP contribution in [-0.4, -0.2) is 69.7 Å². The van der Waals surface area contributed by atoms with Crippen molar-refractivity contribution in [1.29, 1.82) is 0 Å². The van der Waals surface area contributed by atoms with Crippen LogP contribution < -0.4 is 14.2 Å². The third-order valence-electron chi connectivity index (χ3n) is 10.2. The summed E-state index contributed by atoms with van der Waals surface area (Å²) in [5.41, 5.74) is 0.264. The van der Waals surface area contributed by atoms with Gasteiger partial charge in [0.25, 0.3) is 0 Å². The average molecular weight is 573 g/mol. The Bertz CT molecular complexity index is 1560. The van der Waals surface area contributed by atoms with E-state index in [1.807, 2.05) is 0 Å². The number of hydrogen-bond acceptors (Lipinski definition) is 11. The Labute approximate surface area is 228 Å². The van der Waals surface area contributed by atoms with Gasteiger partial charge in [0.2, 0.25) is 27.7 Å². The van der Waals surface area contributed by atoms with Crippen molar-refractivity contribution in [3.8, 4) is 17.4 Å². The Balaban J connectivity index is 1.21. The number of aromatic nitrogens is 7. The van der Waals surface area contributed by atoms with Gasteiger partial charge in [0, 0.05) is 24.9 Å². The van der Waals surface area contributed by atoms with E-state index in [1.54, 1.807) is 4.57 Å². The first-order valence-electron chi connectivity index (χ1n) is 12.7. The van der Waals surface area contributed by atoms with Crippen molar-refractivity contribution in [2.45, 2.75) is 23.7 Å². The molecule has 0 spiro atoms. The normalized spacial score (nSPS) is 35.3. The largest absolute Gasteiger partial charge is 0.479 e. The summed E-state index contributed by atoms with van der Waals surface area (Å²) in [5, 5.41) is 8.21. The minimum atomic E-state index is -4.10.